The van der Waals surface area contributed by atoms with E-state index in [2.05, 4.69) is 17.2 Å². The molecule has 1 aromatic heterocycles. The van der Waals surface area contributed by atoms with Gasteiger partial charge in [0.2, 0.25) is 0 Å². The van der Waals surface area contributed by atoms with Crippen LogP contribution in [0.25, 0.3) is 10.2 Å². The molecule has 0 saturated heterocycles. The summed E-state index contributed by atoms with van der Waals surface area (Å²) in [5, 5.41) is 3.36. The fourth-order valence-electron chi connectivity index (χ4n) is 2.54. The molecular weight excluding hydrogens is 364 g/mol. The molecule has 0 bridgehead atoms. The third kappa shape index (κ3) is 4.49. The molecule has 0 spiro atoms. The Morgan fingerprint density at radius 2 is 1.93 bits per heavy atom. The molecule has 3 rings (SSSR count). The lowest BCUT2D eigenvalue weighted by molar-refractivity contribution is 0.102. The number of benzene rings is 2. The van der Waals surface area contributed by atoms with Crippen molar-refractivity contribution in [2.45, 2.75) is 19.8 Å². The first-order valence-corrected chi connectivity index (χ1v) is 9.53. The summed E-state index contributed by atoms with van der Waals surface area (Å²) in [5.41, 5.74) is 1.27. The molecule has 0 unspecified atom stereocenters. The number of ether oxygens (including phenoxy) is 3. The number of aromatic nitrogens is 1. The summed E-state index contributed by atoms with van der Waals surface area (Å²) in [6.45, 7) is 2.75. The molecule has 1 amide bonds. The summed E-state index contributed by atoms with van der Waals surface area (Å²) in [5.74, 6) is 1.69. The van der Waals surface area contributed by atoms with Gasteiger partial charge in [0.15, 0.2) is 16.6 Å². The predicted octanol–water partition coefficient (Wildman–Crippen LogP) is 4.74. The molecule has 0 aliphatic rings. The van der Waals surface area contributed by atoms with E-state index in [1.54, 1.807) is 32.4 Å². The van der Waals surface area contributed by atoms with Crippen LogP contribution in [0.2, 0.25) is 0 Å². The number of fused-ring (bicyclic) bond motifs is 1. The standard InChI is InChI=1S/C20H22N2O4S/c1-4-5-9-26-14-8-6-7-13(10-14)19(23)22-20-21-15-11-16(24-2)17(25-3)12-18(15)27-20/h6-8,10-12H,4-5,9H2,1-3H3,(H,21,22,23). The first-order chi connectivity index (χ1) is 13.1. The van der Waals surface area contributed by atoms with Gasteiger partial charge >= 0.3 is 0 Å². The highest BCUT2D eigenvalue weighted by Gasteiger charge is 2.13. The van der Waals surface area contributed by atoms with E-state index >= 15 is 0 Å². The SMILES string of the molecule is CCCCOc1cccc(C(=O)Nc2nc3cc(OC)c(OC)cc3s2)c1. The van der Waals surface area contributed by atoms with Crippen LogP contribution in [0.5, 0.6) is 17.2 Å². The average molecular weight is 386 g/mol. The number of hydrogen-bond donors (Lipinski definition) is 1. The van der Waals surface area contributed by atoms with Crippen LogP contribution in [0.1, 0.15) is 30.1 Å². The number of carbonyl (C=O) groups excluding carboxylic acids is 1. The molecule has 1 N–H and O–H groups in total. The van der Waals surface area contributed by atoms with Gasteiger partial charge in [-0.3, -0.25) is 10.1 Å². The molecule has 6 nitrogen and oxygen atoms in total. The Balaban J connectivity index is 1.76. The number of thiazole rings is 1. The molecule has 7 heteroatoms. The Bertz CT molecular complexity index is 898. The smallest absolute Gasteiger partial charge is 0.257 e. The van der Waals surface area contributed by atoms with Gasteiger partial charge < -0.3 is 14.2 Å². The molecule has 0 radical (unpaired) electrons. The Kier molecular flexibility index (Phi) is 6.13. The number of unbranched alkanes of at least 4 members (excludes halogenated alkanes) is 1. The summed E-state index contributed by atoms with van der Waals surface area (Å²) in [6, 6.07) is 10.8. The van der Waals surface area contributed by atoms with Crippen molar-refractivity contribution in [2.24, 2.45) is 0 Å². The lowest BCUT2D eigenvalue weighted by atomic mass is 10.2. The third-order valence-electron chi connectivity index (χ3n) is 3.98. The van der Waals surface area contributed by atoms with Crippen molar-refractivity contribution in [1.82, 2.24) is 4.98 Å². The maximum Gasteiger partial charge on any atom is 0.257 e. The van der Waals surface area contributed by atoms with Crippen molar-refractivity contribution in [3.05, 3.63) is 42.0 Å². The van der Waals surface area contributed by atoms with Gasteiger partial charge in [0.05, 0.1) is 31.0 Å². The van der Waals surface area contributed by atoms with Gasteiger partial charge in [0.25, 0.3) is 5.91 Å². The Hall–Kier alpha value is -2.80. The second-order valence-electron chi connectivity index (χ2n) is 5.88. The summed E-state index contributed by atoms with van der Waals surface area (Å²) < 4.78 is 17.2. The van der Waals surface area contributed by atoms with E-state index in [0.717, 1.165) is 23.1 Å². The molecule has 1 heterocycles. The van der Waals surface area contributed by atoms with Crippen molar-refractivity contribution < 1.29 is 19.0 Å². The van der Waals surface area contributed by atoms with Crippen LogP contribution in [0.4, 0.5) is 5.13 Å². The second-order valence-corrected chi connectivity index (χ2v) is 6.91. The highest BCUT2D eigenvalue weighted by Crippen LogP contribution is 2.36. The van der Waals surface area contributed by atoms with Crippen LogP contribution < -0.4 is 19.5 Å². The van der Waals surface area contributed by atoms with Gasteiger partial charge in [-0.1, -0.05) is 30.7 Å². The highest BCUT2D eigenvalue weighted by atomic mass is 32.1. The van der Waals surface area contributed by atoms with Crippen LogP contribution in [-0.4, -0.2) is 31.7 Å². The maximum atomic E-state index is 12.6. The van der Waals surface area contributed by atoms with Gasteiger partial charge in [0, 0.05) is 17.7 Å². The number of nitrogens with one attached hydrogen (secondary N) is 1. The summed E-state index contributed by atoms with van der Waals surface area (Å²) >= 11 is 1.38. The van der Waals surface area contributed by atoms with Crippen molar-refractivity contribution in [1.29, 1.82) is 0 Å². The van der Waals surface area contributed by atoms with Crippen LogP contribution in [0.15, 0.2) is 36.4 Å². The first kappa shape index (κ1) is 19.0. The largest absolute Gasteiger partial charge is 0.494 e. The highest BCUT2D eigenvalue weighted by molar-refractivity contribution is 7.22. The Labute approximate surface area is 162 Å². The normalized spacial score (nSPS) is 10.6. The zero-order valence-corrected chi connectivity index (χ0v) is 16.4. The minimum Gasteiger partial charge on any atom is -0.494 e. The number of carbonyl (C=O) groups is 1. The number of hydrogen-bond acceptors (Lipinski definition) is 6. The van der Waals surface area contributed by atoms with Crippen molar-refractivity contribution in [2.75, 3.05) is 26.1 Å². The van der Waals surface area contributed by atoms with Crippen LogP contribution in [0.3, 0.4) is 0 Å². The fourth-order valence-corrected chi connectivity index (χ4v) is 3.41. The molecule has 0 aliphatic carbocycles. The molecule has 0 aliphatic heterocycles. The summed E-state index contributed by atoms with van der Waals surface area (Å²) in [7, 11) is 3.16. The molecular formula is C20H22N2O4S. The van der Waals surface area contributed by atoms with Crippen molar-refractivity contribution in [3.8, 4) is 17.2 Å². The van der Waals surface area contributed by atoms with E-state index in [4.69, 9.17) is 14.2 Å². The quantitative estimate of drug-likeness (QED) is 0.566. The molecule has 27 heavy (non-hydrogen) atoms. The maximum absolute atomic E-state index is 12.6. The number of rotatable bonds is 8. The fraction of sp³-hybridized carbons (Fsp3) is 0.300. The Morgan fingerprint density at radius 1 is 1.15 bits per heavy atom. The molecule has 0 fully saturated rings. The third-order valence-corrected chi connectivity index (χ3v) is 4.91. The van der Waals surface area contributed by atoms with Gasteiger partial charge in [-0.2, -0.15) is 0 Å². The zero-order valence-electron chi connectivity index (χ0n) is 15.6. The van der Waals surface area contributed by atoms with Crippen LogP contribution in [-0.2, 0) is 0 Å². The van der Waals surface area contributed by atoms with Crippen LogP contribution in [0, 0.1) is 0 Å². The van der Waals surface area contributed by atoms with Crippen molar-refractivity contribution in [3.63, 3.8) is 0 Å². The molecule has 3 aromatic rings. The van der Waals surface area contributed by atoms with E-state index < -0.39 is 0 Å². The molecule has 0 saturated carbocycles. The minimum atomic E-state index is -0.228. The second kappa shape index (κ2) is 8.73. The predicted molar refractivity (Wildman–Crippen MR) is 108 cm³/mol. The first-order valence-electron chi connectivity index (χ1n) is 8.71. The minimum absolute atomic E-state index is 0.228. The van der Waals surface area contributed by atoms with E-state index in [-0.39, 0.29) is 5.91 Å². The number of anilines is 1. The lowest BCUT2D eigenvalue weighted by Crippen LogP contribution is -2.11. The molecule has 0 atom stereocenters. The molecule has 2 aromatic carbocycles. The number of methoxy groups -OCH3 is 2. The van der Waals surface area contributed by atoms with Gasteiger partial charge in [-0.05, 0) is 24.6 Å². The zero-order chi connectivity index (χ0) is 19.2. The van der Waals surface area contributed by atoms with Gasteiger partial charge in [-0.25, -0.2) is 4.98 Å². The van der Waals surface area contributed by atoms with E-state index in [1.165, 1.54) is 11.3 Å². The topological polar surface area (TPSA) is 69.7 Å². The number of nitrogens with zero attached hydrogens (tertiary/aromatic N) is 1. The van der Waals surface area contributed by atoms with Crippen molar-refractivity contribution >= 4 is 32.6 Å². The summed E-state index contributed by atoms with van der Waals surface area (Å²) in [4.78, 5) is 17.0. The van der Waals surface area contributed by atoms with E-state index in [9.17, 15) is 4.79 Å². The van der Waals surface area contributed by atoms with E-state index in [1.807, 2.05) is 18.2 Å². The average Bonchev–Trinajstić information content (AvgIpc) is 3.08. The Morgan fingerprint density at radius 3 is 2.67 bits per heavy atom. The molecule has 142 valence electrons. The van der Waals surface area contributed by atoms with Crippen LogP contribution >= 0.6 is 11.3 Å². The lowest BCUT2D eigenvalue weighted by Gasteiger charge is -2.07. The van der Waals surface area contributed by atoms with E-state index in [0.29, 0.717) is 34.6 Å². The summed E-state index contributed by atoms with van der Waals surface area (Å²) in [6.07, 6.45) is 2.04. The van der Waals surface area contributed by atoms with Gasteiger partial charge in [-0.15, -0.1) is 0 Å². The number of amides is 1. The monoisotopic (exact) mass is 386 g/mol. The van der Waals surface area contributed by atoms with Gasteiger partial charge in [0.1, 0.15) is 5.75 Å².